The molecule has 0 amide bonds. The van der Waals surface area contributed by atoms with Crippen LogP contribution < -0.4 is 20.5 Å². The van der Waals surface area contributed by atoms with Crippen LogP contribution in [-0.4, -0.2) is 44.7 Å². The van der Waals surface area contributed by atoms with E-state index < -0.39 is 0 Å². The fourth-order valence-electron chi connectivity index (χ4n) is 3.55. The SMILES string of the molecule is COc1ccc(OC)c(NC(N)=NCC(c2c(F)cccc2Cl)N2CCCC2)c1. The van der Waals surface area contributed by atoms with Gasteiger partial charge >= 0.3 is 0 Å². The van der Waals surface area contributed by atoms with Crippen LogP contribution in [0.3, 0.4) is 0 Å². The van der Waals surface area contributed by atoms with Crippen molar-refractivity contribution in [2.24, 2.45) is 10.7 Å². The summed E-state index contributed by atoms with van der Waals surface area (Å²) in [4.78, 5) is 6.68. The third-order valence-corrected chi connectivity index (χ3v) is 5.35. The molecule has 0 radical (unpaired) electrons. The first kappa shape index (κ1) is 21.2. The number of anilines is 1. The van der Waals surface area contributed by atoms with Gasteiger partial charge in [0.25, 0.3) is 0 Å². The highest BCUT2D eigenvalue weighted by Gasteiger charge is 2.27. The standard InChI is InChI=1S/C21H26ClFN4O2/c1-28-14-8-9-19(29-2)17(12-14)26-21(24)25-13-18(27-10-3-4-11-27)20-15(22)6-5-7-16(20)23/h5-9,12,18H,3-4,10-11,13H2,1-2H3,(H3,24,25,26). The van der Waals surface area contributed by atoms with Gasteiger partial charge in [-0.25, -0.2) is 4.39 Å². The Morgan fingerprint density at radius 3 is 2.66 bits per heavy atom. The van der Waals surface area contributed by atoms with Crippen LogP contribution in [0.2, 0.25) is 5.02 Å². The number of nitrogens with zero attached hydrogens (tertiary/aromatic N) is 2. The van der Waals surface area contributed by atoms with E-state index in [1.807, 2.05) is 0 Å². The quantitative estimate of drug-likeness (QED) is 0.522. The van der Waals surface area contributed by atoms with Crippen LogP contribution in [0.4, 0.5) is 10.1 Å². The molecule has 1 heterocycles. The molecule has 29 heavy (non-hydrogen) atoms. The first-order chi connectivity index (χ1) is 14.0. The van der Waals surface area contributed by atoms with Crippen LogP contribution in [-0.2, 0) is 0 Å². The van der Waals surface area contributed by atoms with E-state index in [-0.39, 0.29) is 24.4 Å². The van der Waals surface area contributed by atoms with Crippen molar-refractivity contribution in [3.8, 4) is 11.5 Å². The summed E-state index contributed by atoms with van der Waals surface area (Å²) in [6.45, 7) is 2.04. The number of methoxy groups -OCH3 is 2. The average Bonchev–Trinajstić information content (AvgIpc) is 3.24. The van der Waals surface area contributed by atoms with Gasteiger partial charge in [0, 0.05) is 16.7 Å². The Kier molecular flexibility index (Phi) is 7.17. The lowest BCUT2D eigenvalue weighted by atomic mass is 10.0. The molecule has 0 saturated carbocycles. The fraction of sp³-hybridized carbons (Fsp3) is 0.381. The monoisotopic (exact) mass is 420 g/mol. The second-order valence-corrected chi connectivity index (χ2v) is 7.22. The average molecular weight is 421 g/mol. The Hall–Kier alpha value is -2.51. The summed E-state index contributed by atoms with van der Waals surface area (Å²) in [6, 6.07) is 9.80. The molecule has 3 N–H and O–H groups in total. The van der Waals surface area contributed by atoms with E-state index in [1.54, 1.807) is 44.6 Å². The van der Waals surface area contributed by atoms with Crippen LogP contribution in [0.15, 0.2) is 41.4 Å². The predicted molar refractivity (Wildman–Crippen MR) is 115 cm³/mol. The first-order valence-corrected chi connectivity index (χ1v) is 9.88. The minimum absolute atomic E-state index is 0.202. The van der Waals surface area contributed by atoms with Crippen molar-refractivity contribution in [2.75, 3.05) is 39.2 Å². The number of likely N-dealkylation sites (tertiary alicyclic amines) is 1. The Morgan fingerprint density at radius 2 is 2.00 bits per heavy atom. The smallest absolute Gasteiger partial charge is 0.193 e. The molecular formula is C21H26ClFN4O2. The lowest BCUT2D eigenvalue weighted by Crippen LogP contribution is -2.31. The van der Waals surface area contributed by atoms with Gasteiger partial charge in [0.05, 0.1) is 32.5 Å². The van der Waals surface area contributed by atoms with E-state index in [1.165, 1.54) is 6.07 Å². The zero-order valence-corrected chi connectivity index (χ0v) is 17.4. The first-order valence-electron chi connectivity index (χ1n) is 9.50. The van der Waals surface area contributed by atoms with Crippen molar-refractivity contribution >= 4 is 23.2 Å². The van der Waals surface area contributed by atoms with Gasteiger partial charge in [-0.1, -0.05) is 17.7 Å². The van der Waals surface area contributed by atoms with Gasteiger partial charge in [-0.15, -0.1) is 0 Å². The number of nitrogens with one attached hydrogen (secondary N) is 1. The zero-order valence-electron chi connectivity index (χ0n) is 16.6. The molecule has 0 aliphatic carbocycles. The Labute approximate surface area is 175 Å². The number of nitrogens with two attached hydrogens (primary N) is 1. The van der Waals surface area contributed by atoms with Crippen LogP contribution >= 0.6 is 11.6 Å². The van der Waals surface area contributed by atoms with E-state index in [9.17, 15) is 4.39 Å². The molecule has 0 bridgehead atoms. The molecule has 1 aliphatic heterocycles. The van der Waals surface area contributed by atoms with Gasteiger partial charge in [0.2, 0.25) is 0 Å². The molecule has 1 atom stereocenters. The van der Waals surface area contributed by atoms with Crippen molar-refractivity contribution in [1.29, 1.82) is 0 Å². The largest absolute Gasteiger partial charge is 0.497 e. The van der Waals surface area contributed by atoms with Gasteiger partial charge in [0.1, 0.15) is 17.3 Å². The highest BCUT2D eigenvalue weighted by atomic mass is 35.5. The van der Waals surface area contributed by atoms with E-state index in [4.69, 9.17) is 26.8 Å². The Morgan fingerprint density at radius 1 is 1.24 bits per heavy atom. The summed E-state index contributed by atoms with van der Waals surface area (Å²) in [5.74, 6) is 1.14. The molecule has 3 rings (SSSR count). The molecule has 8 heteroatoms. The van der Waals surface area contributed by atoms with E-state index in [2.05, 4.69) is 15.2 Å². The minimum Gasteiger partial charge on any atom is -0.497 e. The number of guanidine groups is 1. The van der Waals surface area contributed by atoms with Crippen LogP contribution in [0.5, 0.6) is 11.5 Å². The van der Waals surface area contributed by atoms with Gasteiger partial charge in [-0.3, -0.25) is 9.89 Å². The van der Waals surface area contributed by atoms with Gasteiger partial charge < -0.3 is 20.5 Å². The van der Waals surface area contributed by atoms with E-state index in [0.717, 1.165) is 25.9 Å². The third-order valence-electron chi connectivity index (χ3n) is 5.02. The predicted octanol–water partition coefficient (Wildman–Crippen LogP) is 4.06. The van der Waals surface area contributed by atoms with Crippen molar-refractivity contribution in [3.05, 3.63) is 52.8 Å². The van der Waals surface area contributed by atoms with Crippen molar-refractivity contribution in [2.45, 2.75) is 18.9 Å². The molecule has 2 aromatic rings. The highest BCUT2D eigenvalue weighted by Crippen LogP contribution is 2.33. The number of hydrogen-bond donors (Lipinski definition) is 2. The second-order valence-electron chi connectivity index (χ2n) is 6.81. The minimum atomic E-state index is -0.328. The maximum Gasteiger partial charge on any atom is 0.193 e. The highest BCUT2D eigenvalue weighted by molar-refractivity contribution is 6.31. The van der Waals surface area contributed by atoms with Gasteiger partial charge in [-0.05, 0) is 50.2 Å². The molecule has 0 aromatic heterocycles. The Bertz CT molecular complexity index is 852. The van der Waals surface area contributed by atoms with E-state index in [0.29, 0.717) is 27.8 Å². The summed E-state index contributed by atoms with van der Waals surface area (Å²) in [6.07, 6.45) is 2.14. The number of aliphatic imine (C=N–C) groups is 1. The van der Waals surface area contributed by atoms with Crippen LogP contribution in [0, 0.1) is 5.82 Å². The fourth-order valence-corrected chi connectivity index (χ4v) is 3.83. The number of halogens is 2. The molecule has 1 saturated heterocycles. The molecular weight excluding hydrogens is 395 g/mol. The molecule has 0 spiro atoms. The maximum absolute atomic E-state index is 14.6. The van der Waals surface area contributed by atoms with Crippen LogP contribution in [0.25, 0.3) is 0 Å². The molecule has 2 aromatic carbocycles. The van der Waals surface area contributed by atoms with E-state index >= 15 is 0 Å². The Balaban J connectivity index is 1.82. The van der Waals surface area contributed by atoms with Gasteiger partial charge in [-0.2, -0.15) is 0 Å². The van der Waals surface area contributed by atoms with Crippen molar-refractivity contribution < 1.29 is 13.9 Å². The second kappa shape index (κ2) is 9.80. The molecule has 6 nitrogen and oxygen atoms in total. The normalized spacial score (nSPS) is 15.9. The number of rotatable bonds is 7. The lowest BCUT2D eigenvalue weighted by Gasteiger charge is -2.27. The summed E-state index contributed by atoms with van der Waals surface area (Å²) in [5.41, 5.74) is 7.22. The topological polar surface area (TPSA) is 72.1 Å². The van der Waals surface area contributed by atoms with Crippen LogP contribution in [0.1, 0.15) is 24.4 Å². The van der Waals surface area contributed by atoms with Crippen molar-refractivity contribution in [3.63, 3.8) is 0 Å². The summed E-state index contributed by atoms with van der Waals surface area (Å²) >= 11 is 6.33. The van der Waals surface area contributed by atoms with Gasteiger partial charge in [0.15, 0.2) is 5.96 Å². The molecule has 1 fully saturated rings. The lowest BCUT2D eigenvalue weighted by molar-refractivity contribution is 0.246. The number of benzene rings is 2. The molecule has 156 valence electrons. The summed E-state index contributed by atoms with van der Waals surface area (Å²) in [5, 5.41) is 3.44. The zero-order chi connectivity index (χ0) is 20.8. The molecule has 1 unspecified atom stereocenters. The number of ether oxygens (including phenoxy) is 2. The molecule has 1 aliphatic rings. The maximum atomic E-state index is 14.6. The summed E-state index contributed by atoms with van der Waals surface area (Å²) in [7, 11) is 3.16. The third kappa shape index (κ3) is 5.10. The summed E-state index contributed by atoms with van der Waals surface area (Å²) < 4.78 is 25.2. The number of hydrogen-bond acceptors (Lipinski definition) is 4. The van der Waals surface area contributed by atoms with Crippen molar-refractivity contribution in [1.82, 2.24) is 4.90 Å².